The minimum atomic E-state index is -0.581. The molecule has 0 saturated carbocycles. The molecule has 1 atom stereocenters. The molecule has 112 valence electrons. The third-order valence-electron chi connectivity index (χ3n) is 3.79. The fourth-order valence-electron chi connectivity index (χ4n) is 1.92. The average molecular weight is 287 g/mol. The Morgan fingerprint density at radius 1 is 1.43 bits per heavy atom. The maximum Gasteiger partial charge on any atom is 0.231 e. The summed E-state index contributed by atoms with van der Waals surface area (Å²) in [6.45, 7) is 5.95. The molecular formula is C15H21N5O. The summed E-state index contributed by atoms with van der Waals surface area (Å²) < 4.78 is 0. The van der Waals surface area contributed by atoms with Crippen molar-refractivity contribution < 1.29 is 4.79 Å². The lowest BCUT2D eigenvalue weighted by Crippen LogP contribution is -2.39. The average Bonchev–Trinajstić information content (AvgIpc) is 2.93. The maximum atomic E-state index is 12.4. The SMILES string of the molecule is CCC(C)(CN)C(=O)Nc1ccccc1-c1n[nH]c(C)n1. The Balaban J connectivity index is 2.31. The number of amides is 1. The van der Waals surface area contributed by atoms with Gasteiger partial charge in [0.1, 0.15) is 5.82 Å². The van der Waals surface area contributed by atoms with E-state index >= 15 is 0 Å². The number of carbonyl (C=O) groups excluding carboxylic acids is 1. The molecule has 6 nitrogen and oxygen atoms in total. The molecule has 21 heavy (non-hydrogen) atoms. The van der Waals surface area contributed by atoms with Gasteiger partial charge in [-0.1, -0.05) is 19.1 Å². The predicted molar refractivity (Wildman–Crippen MR) is 82.6 cm³/mol. The number of anilines is 1. The second kappa shape index (κ2) is 6.05. The summed E-state index contributed by atoms with van der Waals surface area (Å²) >= 11 is 0. The van der Waals surface area contributed by atoms with Crippen LogP contribution in [0, 0.1) is 12.3 Å². The van der Waals surface area contributed by atoms with Crippen LogP contribution in [-0.2, 0) is 4.79 Å². The fourth-order valence-corrected chi connectivity index (χ4v) is 1.92. The molecule has 0 radical (unpaired) electrons. The summed E-state index contributed by atoms with van der Waals surface area (Å²) in [4.78, 5) is 16.8. The molecule has 0 saturated heterocycles. The number of benzene rings is 1. The highest BCUT2D eigenvalue weighted by atomic mass is 16.2. The first-order chi connectivity index (χ1) is 10.00. The Bertz CT molecular complexity index is 630. The molecule has 1 unspecified atom stereocenters. The van der Waals surface area contributed by atoms with Crippen LogP contribution in [0.15, 0.2) is 24.3 Å². The van der Waals surface area contributed by atoms with E-state index in [0.29, 0.717) is 24.5 Å². The third-order valence-corrected chi connectivity index (χ3v) is 3.79. The Morgan fingerprint density at radius 2 is 2.14 bits per heavy atom. The quantitative estimate of drug-likeness (QED) is 0.784. The van der Waals surface area contributed by atoms with E-state index in [1.807, 2.05) is 45.0 Å². The molecule has 0 aliphatic carbocycles. The van der Waals surface area contributed by atoms with Gasteiger partial charge < -0.3 is 11.1 Å². The lowest BCUT2D eigenvalue weighted by atomic mass is 9.86. The second-order valence-electron chi connectivity index (χ2n) is 5.36. The van der Waals surface area contributed by atoms with Gasteiger partial charge in [-0.15, -0.1) is 0 Å². The van der Waals surface area contributed by atoms with Crippen molar-refractivity contribution >= 4 is 11.6 Å². The number of hydrogen-bond donors (Lipinski definition) is 3. The number of para-hydroxylation sites is 1. The summed E-state index contributed by atoms with van der Waals surface area (Å²) in [7, 11) is 0. The first kappa shape index (κ1) is 15.2. The summed E-state index contributed by atoms with van der Waals surface area (Å²) in [5.41, 5.74) is 6.63. The molecule has 4 N–H and O–H groups in total. The van der Waals surface area contributed by atoms with Crippen LogP contribution >= 0.6 is 0 Å². The zero-order chi connectivity index (χ0) is 15.5. The maximum absolute atomic E-state index is 12.4. The van der Waals surface area contributed by atoms with Crippen LogP contribution < -0.4 is 11.1 Å². The van der Waals surface area contributed by atoms with E-state index in [1.165, 1.54) is 0 Å². The van der Waals surface area contributed by atoms with E-state index in [4.69, 9.17) is 5.73 Å². The van der Waals surface area contributed by atoms with Gasteiger partial charge >= 0.3 is 0 Å². The van der Waals surface area contributed by atoms with Crippen LogP contribution in [0.3, 0.4) is 0 Å². The van der Waals surface area contributed by atoms with Gasteiger partial charge in [-0.05, 0) is 32.4 Å². The van der Waals surface area contributed by atoms with Crippen molar-refractivity contribution in [2.45, 2.75) is 27.2 Å². The topological polar surface area (TPSA) is 96.7 Å². The monoisotopic (exact) mass is 287 g/mol. The van der Waals surface area contributed by atoms with Crippen LogP contribution in [-0.4, -0.2) is 27.6 Å². The number of nitrogens with zero attached hydrogens (tertiary/aromatic N) is 2. The van der Waals surface area contributed by atoms with Gasteiger partial charge in [0.2, 0.25) is 5.91 Å². The van der Waals surface area contributed by atoms with Gasteiger partial charge in [0.25, 0.3) is 0 Å². The normalized spacial score (nSPS) is 13.7. The Labute approximate surface area is 124 Å². The largest absolute Gasteiger partial charge is 0.329 e. The number of aromatic amines is 1. The summed E-state index contributed by atoms with van der Waals surface area (Å²) in [5.74, 6) is 1.20. The van der Waals surface area contributed by atoms with E-state index in [2.05, 4.69) is 20.5 Å². The van der Waals surface area contributed by atoms with Gasteiger partial charge in [-0.3, -0.25) is 9.89 Å². The van der Waals surface area contributed by atoms with Crippen molar-refractivity contribution in [3.05, 3.63) is 30.1 Å². The second-order valence-corrected chi connectivity index (χ2v) is 5.36. The molecule has 0 aliphatic heterocycles. The molecule has 0 bridgehead atoms. The molecule has 2 aromatic rings. The van der Waals surface area contributed by atoms with Crippen molar-refractivity contribution in [2.24, 2.45) is 11.1 Å². The summed E-state index contributed by atoms with van der Waals surface area (Å²) in [5, 5.41) is 9.90. The van der Waals surface area contributed by atoms with Crippen LogP contribution in [0.2, 0.25) is 0 Å². The van der Waals surface area contributed by atoms with Crippen molar-refractivity contribution in [2.75, 3.05) is 11.9 Å². The lowest BCUT2D eigenvalue weighted by molar-refractivity contribution is -0.124. The van der Waals surface area contributed by atoms with E-state index in [9.17, 15) is 4.79 Å². The number of carbonyl (C=O) groups is 1. The third kappa shape index (κ3) is 3.11. The smallest absolute Gasteiger partial charge is 0.231 e. The first-order valence-electron chi connectivity index (χ1n) is 7.00. The predicted octanol–water partition coefficient (Wildman–Crippen LogP) is 2.09. The molecule has 0 aliphatic rings. The highest BCUT2D eigenvalue weighted by Gasteiger charge is 2.30. The number of aryl methyl sites for hydroxylation is 1. The van der Waals surface area contributed by atoms with E-state index in [0.717, 1.165) is 11.4 Å². The van der Waals surface area contributed by atoms with Gasteiger partial charge in [-0.25, -0.2) is 4.98 Å². The van der Waals surface area contributed by atoms with Crippen molar-refractivity contribution in [1.29, 1.82) is 0 Å². The fraction of sp³-hybridized carbons (Fsp3) is 0.400. The van der Waals surface area contributed by atoms with E-state index < -0.39 is 5.41 Å². The molecule has 1 heterocycles. The number of H-pyrrole nitrogens is 1. The molecular weight excluding hydrogens is 266 g/mol. The zero-order valence-electron chi connectivity index (χ0n) is 12.6. The number of hydrogen-bond acceptors (Lipinski definition) is 4. The van der Waals surface area contributed by atoms with Crippen LogP contribution in [0.25, 0.3) is 11.4 Å². The molecule has 2 rings (SSSR count). The molecule has 6 heteroatoms. The highest BCUT2D eigenvalue weighted by Crippen LogP contribution is 2.28. The van der Waals surface area contributed by atoms with E-state index in [-0.39, 0.29) is 5.91 Å². The molecule has 0 fully saturated rings. The number of rotatable bonds is 5. The summed E-state index contributed by atoms with van der Waals surface area (Å²) in [6.07, 6.45) is 0.678. The van der Waals surface area contributed by atoms with Crippen LogP contribution in [0.4, 0.5) is 5.69 Å². The van der Waals surface area contributed by atoms with Crippen LogP contribution in [0.1, 0.15) is 26.1 Å². The number of nitrogens with one attached hydrogen (secondary N) is 2. The molecule has 1 aromatic heterocycles. The standard InChI is InChI=1S/C15H21N5O/c1-4-15(3,9-16)14(21)18-12-8-6-5-7-11(12)13-17-10(2)19-20-13/h5-8H,4,9,16H2,1-3H3,(H,18,21)(H,17,19,20). The molecule has 1 aromatic carbocycles. The van der Waals surface area contributed by atoms with E-state index in [1.54, 1.807) is 0 Å². The minimum Gasteiger partial charge on any atom is -0.329 e. The molecule has 0 spiro atoms. The van der Waals surface area contributed by atoms with Crippen molar-refractivity contribution in [3.8, 4) is 11.4 Å². The summed E-state index contributed by atoms with van der Waals surface area (Å²) in [6, 6.07) is 7.47. The minimum absolute atomic E-state index is 0.0905. The highest BCUT2D eigenvalue weighted by molar-refractivity contribution is 5.98. The number of nitrogens with two attached hydrogens (primary N) is 1. The van der Waals surface area contributed by atoms with Gasteiger partial charge in [0.05, 0.1) is 11.1 Å². The Hall–Kier alpha value is -2.21. The van der Waals surface area contributed by atoms with Crippen molar-refractivity contribution in [1.82, 2.24) is 15.2 Å². The lowest BCUT2D eigenvalue weighted by Gasteiger charge is -2.25. The number of aromatic nitrogens is 3. The van der Waals surface area contributed by atoms with Gasteiger partial charge in [-0.2, -0.15) is 5.10 Å². The van der Waals surface area contributed by atoms with Crippen molar-refractivity contribution in [3.63, 3.8) is 0 Å². The molecule has 1 amide bonds. The Morgan fingerprint density at radius 3 is 2.71 bits per heavy atom. The van der Waals surface area contributed by atoms with Gasteiger partial charge in [0, 0.05) is 12.1 Å². The zero-order valence-corrected chi connectivity index (χ0v) is 12.6. The van der Waals surface area contributed by atoms with Crippen LogP contribution in [0.5, 0.6) is 0 Å². The first-order valence-corrected chi connectivity index (χ1v) is 7.00. The van der Waals surface area contributed by atoms with Gasteiger partial charge in [0.15, 0.2) is 5.82 Å². The Kier molecular flexibility index (Phi) is 4.37.